The topological polar surface area (TPSA) is 53.1 Å². The Morgan fingerprint density at radius 2 is 1.50 bits per heavy atom. The minimum absolute atomic E-state index is 0.331. The molecule has 3 heteroatoms. The molecule has 0 aliphatic heterocycles. The van der Waals surface area contributed by atoms with Crippen molar-refractivity contribution in [1.82, 2.24) is 4.98 Å². The molecule has 0 amide bonds. The molecule has 2 aromatic rings. The van der Waals surface area contributed by atoms with Crippen LogP contribution in [0.25, 0.3) is 0 Å². The van der Waals surface area contributed by atoms with Crippen molar-refractivity contribution in [3.8, 4) is 0 Å². The molecule has 0 radical (unpaired) electrons. The third-order valence-electron chi connectivity index (χ3n) is 2.00. The van der Waals surface area contributed by atoms with Gasteiger partial charge >= 0.3 is 5.97 Å². The van der Waals surface area contributed by atoms with E-state index in [1.165, 1.54) is 11.4 Å². The van der Waals surface area contributed by atoms with Crippen molar-refractivity contribution in [2.45, 2.75) is 13.8 Å². The third-order valence-corrected chi connectivity index (χ3v) is 2.00. The molecule has 0 saturated heterocycles. The van der Waals surface area contributed by atoms with Crippen LogP contribution in [0.15, 0.2) is 42.5 Å². The van der Waals surface area contributed by atoms with E-state index in [4.69, 9.17) is 5.11 Å². The summed E-state index contributed by atoms with van der Waals surface area (Å²) < 4.78 is 0. The highest BCUT2D eigenvalue weighted by molar-refractivity contribution is 5.87. The number of aryl methyl sites for hydroxylation is 2. The zero-order valence-corrected chi connectivity index (χ0v) is 9.40. The zero-order valence-electron chi connectivity index (χ0n) is 9.40. The first-order valence-electron chi connectivity index (χ1n) is 5.00. The maximum Gasteiger partial charge on any atom is 0.335 e. The maximum absolute atomic E-state index is 10.2. The molecule has 16 heavy (non-hydrogen) atoms. The van der Waals surface area contributed by atoms with E-state index < -0.39 is 5.97 Å². The van der Waals surface area contributed by atoms with Gasteiger partial charge < -0.3 is 10.1 Å². The molecule has 0 atom stereocenters. The first-order valence-corrected chi connectivity index (χ1v) is 5.00. The number of aromatic carboxylic acids is 1. The van der Waals surface area contributed by atoms with Gasteiger partial charge in [0.05, 0.1) is 5.56 Å². The number of nitrogens with one attached hydrogen (secondary N) is 1. The number of carboxylic acid groups (broad SMARTS) is 1. The molecular formula is C13H15NO2. The maximum atomic E-state index is 10.2. The largest absolute Gasteiger partial charge is 0.478 e. The Morgan fingerprint density at radius 1 is 1.00 bits per heavy atom. The predicted molar refractivity (Wildman–Crippen MR) is 63.7 cm³/mol. The van der Waals surface area contributed by atoms with Crippen LogP contribution in [-0.2, 0) is 0 Å². The van der Waals surface area contributed by atoms with E-state index in [0.717, 1.165) is 0 Å². The van der Waals surface area contributed by atoms with Crippen molar-refractivity contribution in [3.63, 3.8) is 0 Å². The molecule has 0 unspecified atom stereocenters. The fourth-order valence-electron chi connectivity index (χ4n) is 1.23. The summed E-state index contributed by atoms with van der Waals surface area (Å²) in [5.41, 5.74) is 2.80. The second-order valence-corrected chi connectivity index (χ2v) is 3.50. The molecule has 1 aromatic heterocycles. The van der Waals surface area contributed by atoms with Gasteiger partial charge in [-0.3, -0.25) is 0 Å². The van der Waals surface area contributed by atoms with E-state index in [-0.39, 0.29) is 0 Å². The highest BCUT2D eigenvalue weighted by atomic mass is 16.4. The second-order valence-electron chi connectivity index (χ2n) is 3.50. The molecule has 3 nitrogen and oxygen atoms in total. The van der Waals surface area contributed by atoms with Gasteiger partial charge in [-0.05, 0) is 38.1 Å². The molecular weight excluding hydrogens is 202 g/mol. The highest BCUT2D eigenvalue weighted by Gasteiger charge is 1.96. The van der Waals surface area contributed by atoms with Crippen molar-refractivity contribution >= 4 is 5.97 Å². The smallest absolute Gasteiger partial charge is 0.335 e. The van der Waals surface area contributed by atoms with Crippen LogP contribution in [0.5, 0.6) is 0 Å². The summed E-state index contributed by atoms with van der Waals surface area (Å²) in [7, 11) is 0. The number of hydrogen-bond donors (Lipinski definition) is 2. The van der Waals surface area contributed by atoms with Crippen molar-refractivity contribution < 1.29 is 9.90 Å². The summed E-state index contributed by atoms with van der Waals surface area (Å²) >= 11 is 0. The molecule has 0 fully saturated rings. The number of benzene rings is 1. The van der Waals surface area contributed by atoms with Gasteiger partial charge in [0.15, 0.2) is 0 Å². The molecule has 1 heterocycles. The molecule has 2 rings (SSSR count). The Morgan fingerprint density at radius 3 is 1.75 bits per heavy atom. The quantitative estimate of drug-likeness (QED) is 0.771. The number of rotatable bonds is 1. The zero-order chi connectivity index (χ0) is 12.0. The average Bonchev–Trinajstić information content (AvgIpc) is 2.65. The minimum atomic E-state index is -0.879. The summed E-state index contributed by atoms with van der Waals surface area (Å²) in [4.78, 5) is 13.3. The number of carbonyl (C=O) groups is 1. The van der Waals surface area contributed by atoms with Gasteiger partial charge in [0.1, 0.15) is 0 Å². The minimum Gasteiger partial charge on any atom is -0.478 e. The van der Waals surface area contributed by atoms with Crippen molar-refractivity contribution in [3.05, 3.63) is 59.4 Å². The van der Waals surface area contributed by atoms with Crippen LogP contribution in [0.3, 0.4) is 0 Å². The van der Waals surface area contributed by atoms with E-state index in [2.05, 4.69) is 17.1 Å². The summed E-state index contributed by atoms with van der Waals surface area (Å²) in [6.45, 7) is 4.10. The van der Waals surface area contributed by atoms with Crippen LogP contribution >= 0.6 is 0 Å². The number of carboxylic acids is 1. The van der Waals surface area contributed by atoms with Crippen LogP contribution in [0.2, 0.25) is 0 Å². The summed E-state index contributed by atoms with van der Waals surface area (Å²) in [6, 6.07) is 12.4. The average molecular weight is 217 g/mol. The Hall–Kier alpha value is -2.03. The Labute approximate surface area is 94.8 Å². The van der Waals surface area contributed by atoms with E-state index in [1.54, 1.807) is 30.3 Å². The number of hydrogen-bond acceptors (Lipinski definition) is 1. The van der Waals surface area contributed by atoms with Gasteiger partial charge in [0.2, 0.25) is 0 Å². The SMILES string of the molecule is Cc1ccc(C)[nH]1.O=C(O)c1ccccc1. The Balaban J connectivity index is 0.000000165. The van der Waals surface area contributed by atoms with Gasteiger partial charge in [0, 0.05) is 11.4 Å². The summed E-state index contributed by atoms with van der Waals surface area (Å²) in [6.07, 6.45) is 0. The van der Waals surface area contributed by atoms with Crippen LogP contribution in [0.4, 0.5) is 0 Å². The van der Waals surface area contributed by atoms with E-state index in [9.17, 15) is 4.79 Å². The number of aromatic amines is 1. The van der Waals surface area contributed by atoms with Crippen LogP contribution in [-0.4, -0.2) is 16.1 Å². The summed E-state index contributed by atoms with van der Waals surface area (Å²) in [5.74, 6) is -0.879. The van der Waals surface area contributed by atoms with Gasteiger partial charge in [-0.15, -0.1) is 0 Å². The lowest BCUT2D eigenvalue weighted by Gasteiger charge is -1.88. The van der Waals surface area contributed by atoms with Crippen molar-refractivity contribution in [1.29, 1.82) is 0 Å². The standard InChI is InChI=1S/C7H6O2.C6H9N/c8-7(9)6-4-2-1-3-5-6;1-5-3-4-6(2)7-5/h1-5H,(H,8,9);3-4,7H,1-2H3. The predicted octanol–water partition coefficient (Wildman–Crippen LogP) is 3.02. The van der Waals surface area contributed by atoms with Gasteiger partial charge in [-0.2, -0.15) is 0 Å². The molecule has 0 aliphatic rings. The van der Waals surface area contributed by atoms with Gasteiger partial charge in [0.25, 0.3) is 0 Å². The lowest BCUT2D eigenvalue weighted by molar-refractivity contribution is 0.0697. The van der Waals surface area contributed by atoms with Crippen molar-refractivity contribution in [2.75, 3.05) is 0 Å². The van der Waals surface area contributed by atoms with E-state index >= 15 is 0 Å². The normalized spacial score (nSPS) is 9.12. The first kappa shape index (κ1) is 12.0. The molecule has 0 saturated carbocycles. The highest BCUT2D eigenvalue weighted by Crippen LogP contribution is 1.96. The second kappa shape index (κ2) is 5.75. The fraction of sp³-hybridized carbons (Fsp3) is 0.154. The van der Waals surface area contributed by atoms with E-state index in [1.807, 2.05) is 13.8 Å². The van der Waals surface area contributed by atoms with Gasteiger partial charge in [-0.25, -0.2) is 4.79 Å². The molecule has 1 aromatic carbocycles. The lowest BCUT2D eigenvalue weighted by atomic mass is 10.2. The lowest BCUT2D eigenvalue weighted by Crippen LogP contribution is -1.93. The third kappa shape index (κ3) is 4.00. The van der Waals surface area contributed by atoms with Crippen LogP contribution in [0.1, 0.15) is 21.7 Å². The van der Waals surface area contributed by atoms with Crippen molar-refractivity contribution in [2.24, 2.45) is 0 Å². The fourth-order valence-corrected chi connectivity index (χ4v) is 1.23. The Bertz CT molecular complexity index is 429. The molecule has 2 N–H and O–H groups in total. The Kier molecular flexibility index (Phi) is 4.33. The monoisotopic (exact) mass is 217 g/mol. The van der Waals surface area contributed by atoms with E-state index in [0.29, 0.717) is 5.56 Å². The number of aromatic nitrogens is 1. The van der Waals surface area contributed by atoms with Crippen LogP contribution in [0, 0.1) is 13.8 Å². The molecule has 0 aliphatic carbocycles. The van der Waals surface area contributed by atoms with Crippen LogP contribution < -0.4 is 0 Å². The molecule has 0 spiro atoms. The van der Waals surface area contributed by atoms with Gasteiger partial charge in [-0.1, -0.05) is 18.2 Å². The molecule has 84 valence electrons. The first-order chi connectivity index (χ1) is 7.59. The summed E-state index contributed by atoms with van der Waals surface area (Å²) in [5, 5.41) is 8.38. The molecule has 0 bridgehead atoms. The number of H-pyrrole nitrogens is 1.